The fourth-order valence-electron chi connectivity index (χ4n) is 1.53. The Morgan fingerprint density at radius 1 is 1.29 bits per heavy atom. The molecule has 0 heterocycles. The highest BCUT2D eigenvalue weighted by molar-refractivity contribution is 7.80. The molecule has 0 unspecified atom stereocenters. The molecule has 4 N–H and O–H groups in total. The van der Waals surface area contributed by atoms with Crippen molar-refractivity contribution < 1.29 is 14.7 Å². The third-order valence-corrected chi connectivity index (χ3v) is 2.82. The van der Waals surface area contributed by atoms with E-state index in [0.29, 0.717) is 30.6 Å². The molecule has 0 aliphatic rings. The molecule has 0 saturated heterocycles. The molecule has 0 aliphatic carbocycles. The third-order valence-electron chi connectivity index (χ3n) is 2.61. The molecular weight excluding hydrogens is 290 g/mol. The van der Waals surface area contributed by atoms with Crippen molar-refractivity contribution in [2.45, 2.75) is 19.8 Å². The van der Waals surface area contributed by atoms with Gasteiger partial charge in [-0.3, -0.25) is 9.59 Å². The predicted molar refractivity (Wildman–Crippen MR) is 85.1 cm³/mol. The van der Waals surface area contributed by atoms with Gasteiger partial charge in [-0.25, -0.2) is 0 Å². The summed E-state index contributed by atoms with van der Waals surface area (Å²) in [7, 11) is 0. The number of hydrogen-bond acceptors (Lipinski definition) is 4. The molecule has 0 atom stereocenters. The van der Waals surface area contributed by atoms with Crippen LogP contribution in [0.15, 0.2) is 24.3 Å². The number of anilines is 1. The standard InChI is InChI=1S/C14H19N3O3S/c1-2-12(19)17-14(21)16-11-7-4-3-6-10(11)13(20)15-8-5-9-18/h3-4,6-7,18H,2,5,8-9H2,1H3,(H,15,20)(H2,16,17,19,21). The molecule has 0 bridgehead atoms. The van der Waals surface area contributed by atoms with E-state index in [1.807, 2.05) is 0 Å². The molecule has 0 radical (unpaired) electrons. The second kappa shape index (κ2) is 9.04. The van der Waals surface area contributed by atoms with Crippen LogP contribution in [0.4, 0.5) is 5.69 Å². The van der Waals surface area contributed by atoms with Gasteiger partial charge in [0.1, 0.15) is 0 Å². The minimum atomic E-state index is -0.267. The third kappa shape index (κ3) is 5.88. The lowest BCUT2D eigenvalue weighted by Crippen LogP contribution is -2.34. The Balaban J connectivity index is 2.72. The van der Waals surface area contributed by atoms with E-state index in [2.05, 4.69) is 16.0 Å². The maximum absolute atomic E-state index is 12.0. The molecule has 0 aromatic heterocycles. The van der Waals surface area contributed by atoms with Crippen LogP contribution in [-0.4, -0.2) is 35.2 Å². The number of benzene rings is 1. The van der Waals surface area contributed by atoms with Gasteiger partial charge >= 0.3 is 0 Å². The zero-order chi connectivity index (χ0) is 15.7. The Morgan fingerprint density at radius 2 is 2.00 bits per heavy atom. The Bertz CT molecular complexity index is 520. The zero-order valence-corrected chi connectivity index (χ0v) is 12.6. The van der Waals surface area contributed by atoms with Crippen LogP contribution in [0.1, 0.15) is 30.1 Å². The molecular formula is C14H19N3O3S. The molecule has 7 heteroatoms. The van der Waals surface area contributed by atoms with Crippen molar-refractivity contribution in [1.82, 2.24) is 10.6 Å². The van der Waals surface area contributed by atoms with Crippen molar-refractivity contribution in [2.24, 2.45) is 0 Å². The predicted octanol–water partition coefficient (Wildman–Crippen LogP) is 1.02. The summed E-state index contributed by atoms with van der Waals surface area (Å²) in [4.78, 5) is 23.3. The Labute approximate surface area is 128 Å². The normalized spacial score (nSPS) is 9.81. The molecule has 1 rings (SSSR count). The van der Waals surface area contributed by atoms with Gasteiger partial charge in [-0.1, -0.05) is 19.1 Å². The van der Waals surface area contributed by atoms with Gasteiger partial charge in [-0.2, -0.15) is 0 Å². The van der Waals surface area contributed by atoms with Crippen LogP contribution < -0.4 is 16.0 Å². The van der Waals surface area contributed by atoms with Gasteiger partial charge in [-0.05, 0) is 30.8 Å². The summed E-state index contributed by atoms with van der Waals surface area (Å²) < 4.78 is 0. The molecule has 0 spiro atoms. The topological polar surface area (TPSA) is 90.5 Å². The second-order valence-electron chi connectivity index (χ2n) is 4.23. The molecule has 0 aliphatic heterocycles. The number of carbonyl (C=O) groups excluding carboxylic acids is 2. The van der Waals surface area contributed by atoms with Crippen LogP contribution in [0.25, 0.3) is 0 Å². The van der Waals surface area contributed by atoms with Crippen molar-refractivity contribution in [3.63, 3.8) is 0 Å². The number of carbonyl (C=O) groups is 2. The summed E-state index contributed by atoms with van der Waals surface area (Å²) in [5, 5.41) is 16.9. The van der Waals surface area contributed by atoms with E-state index >= 15 is 0 Å². The van der Waals surface area contributed by atoms with Crippen molar-refractivity contribution in [3.8, 4) is 0 Å². The first-order valence-corrected chi connectivity index (χ1v) is 7.08. The van der Waals surface area contributed by atoms with Crippen LogP contribution >= 0.6 is 12.2 Å². The molecule has 21 heavy (non-hydrogen) atoms. The lowest BCUT2D eigenvalue weighted by Gasteiger charge is -2.13. The van der Waals surface area contributed by atoms with Crippen LogP contribution in [-0.2, 0) is 4.79 Å². The van der Waals surface area contributed by atoms with Gasteiger partial charge in [0.05, 0.1) is 11.3 Å². The average Bonchev–Trinajstić information content (AvgIpc) is 2.47. The van der Waals surface area contributed by atoms with E-state index in [1.165, 1.54) is 0 Å². The fraction of sp³-hybridized carbons (Fsp3) is 0.357. The number of thiocarbonyl (C=S) groups is 1. The van der Waals surface area contributed by atoms with Crippen LogP contribution in [0.3, 0.4) is 0 Å². The summed E-state index contributed by atoms with van der Waals surface area (Å²) in [6, 6.07) is 6.85. The Hall–Kier alpha value is -1.99. The van der Waals surface area contributed by atoms with Crippen LogP contribution in [0.2, 0.25) is 0 Å². The van der Waals surface area contributed by atoms with E-state index < -0.39 is 0 Å². The van der Waals surface area contributed by atoms with E-state index in [-0.39, 0.29) is 23.5 Å². The number of hydrogen-bond donors (Lipinski definition) is 4. The quantitative estimate of drug-likeness (QED) is 0.465. The van der Waals surface area contributed by atoms with E-state index in [9.17, 15) is 9.59 Å². The largest absolute Gasteiger partial charge is 0.396 e. The summed E-state index contributed by atoms with van der Waals surface area (Å²) in [5.74, 6) is -0.464. The molecule has 0 saturated carbocycles. The molecule has 0 fully saturated rings. The molecule has 1 aromatic rings. The first-order chi connectivity index (χ1) is 10.1. The fourth-order valence-corrected chi connectivity index (χ4v) is 1.76. The summed E-state index contributed by atoms with van der Waals surface area (Å²) in [6.07, 6.45) is 0.817. The van der Waals surface area contributed by atoms with Crippen molar-refractivity contribution >= 4 is 34.8 Å². The van der Waals surface area contributed by atoms with Crippen LogP contribution in [0, 0.1) is 0 Å². The molecule has 6 nitrogen and oxygen atoms in total. The minimum absolute atomic E-state index is 0.0211. The Kier molecular flexibility index (Phi) is 7.34. The van der Waals surface area contributed by atoms with Gasteiger partial charge in [0.25, 0.3) is 5.91 Å². The van der Waals surface area contributed by atoms with Gasteiger partial charge in [0.15, 0.2) is 5.11 Å². The van der Waals surface area contributed by atoms with E-state index in [4.69, 9.17) is 17.3 Å². The summed E-state index contributed by atoms with van der Waals surface area (Å²) >= 11 is 5.02. The average molecular weight is 309 g/mol. The van der Waals surface area contributed by atoms with Crippen molar-refractivity contribution in [1.29, 1.82) is 0 Å². The lowest BCUT2D eigenvalue weighted by atomic mass is 10.1. The van der Waals surface area contributed by atoms with Gasteiger partial charge in [0.2, 0.25) is 5.91 Å². The SMILES string of the molecule is CCC(=O)NC(=S)Nc1ccccc1C(=O)NCCCO. The first kappa shape index (κ1) is 17.1. The summed E-state index contributed by atoms with van der Waals surface area (Å²) in [6.45, 7) is 2.13. The highest BCUT2D eigenvalue weighted by atomic mass is 32.1. The van der Waals surface area contributed by atoms with E-state index in [1.54, 1.807) is 31.2 Å². The lowest BCUT2D eigenvalue weighted by molar-refractivity contribution is -0.119. The van der Waals surface area contributed by atoms with E-state index in [0.717, 1.165) is 0 Å². The number of amides is 2. The summed E-state index contributed by atoms with van der Waals surface area (Å²) in [5.41, 5.74) is 0.934. The molecule has 114 valence electrons. The van der Waals surface area contributed by atoms with Gasteiger partial charge in [-0.15, -0.1) is 0 Å². The Morgan fingerprint density at radius 3 is 2.67 bits per heavy atom. The second-order valence-corrected chi connectivity index (χ2v) is 4.64. The smallest absolute Gasteiger partial charge is 0.253 e. The highest BCUT2D eigenvalue weighted by Gasteiger charge is 2.11. The number of aliphatic hydroxyl groups excluding tert-OH is 1. The number of para-hydroxylation sites is 1. The number of nitrogens with one attached hydrogen (secondary N) is 3. The first-order valence-electron chi connectivity index (χ1n) is 6.67. The molecule has 2 amide bonds. The molecule has 1 aromatic carbocycles. The van der Waals surface area contributed by atoms with Gasteiger partial charge < -0.3 is 21.1 Å². The minimum Gasteiger partial charge on any atom is -0.396 e. The van der Waals surface area contributed by atoms with Crippen molar-refractivity contribution in [2.75, 3.05) is 18.5 Å². The number of aliphatic hydroxyl groups is 1. The van der Waals surface area contributed by atoms with Crippen LogP contribution in [0.5, 0.6) is 0 Å². The number of rotatable bonds is 6. The maximum atomic E-state index is 12.0. The van der Waals surface area contributed by atoms with Gasteiger partial charge in [0, 0.05) is 19.6 Å². The highest BCUT2D eigenvalue weighted by Crippen LogP contribution is 2.14. The monoisotopic (exact) mass is 309 g/mol. The maximum Gasteiger partial charge on any atom is 0.253 e. The zero-order valence-electron chi connectivity index (χ0n) is 11.8. The van der Waals surface area contributed by atoms with Crippen molar-refractivity contribution in [3.05, 3.63) is 29.8 Å².